The molecule has 1 aliphatic carbocycles. The van der Waals surface area contributed by atoms with Gasteiger partial charge in [0.15, 0.2) is 0 Å². The molecule has 4 rings (SSSR count). The highest BCUT2D eigenvalue weighted by Crippen LogP contribution is 2.33. The number of hydrogen-bond acceptors (Lipinski definition) is 3. The predicted molar refractivity (Wildman–Crippen MR) is 96.3 cm³/mol. The molecule has 0 unspecified atom stereocenters. The first-order valence-electron chi connectivity index (χ1n) is 9.72. The Labute approximate surface area is 153 Å². The molecule has 0 aromatic heterocycles. The van der Waals surface area contributed by atoms with Gasteiger partial charge in [-0.1, -0.05) is 19.3 Å². The normalized spacial score (nSPS) is 22.7. The summed E-state index contributed by atoms with van der Waals surface area (Å²) in [6, 6.07) is 3.29. The van der Waals surface area contributed by atoms with Crippen molar-refractivity contribution in [1.82, 2.24) is 9.80 Å². The Bertz CT molecular complexity index is 722. The molecule has 26 heavy (non-hydrogen) atoms. The summed E-state index contributed by atoms with van der Waals surface area (Å²) in [5.74, 6) is -1.44. The van der Waals surface area contributed by atoms with E-state index < -0.39 is 11.7 Å². The summed E-state index contributed by atoms with van der Waals surface area (Å²) in [7, 11) is 0. The minimum Gasteiger partial charge on any atom is -0.366 e. The van der Waals surface area contributed by atoms with Crippen LogP contribution in [0.15, 0.2) is 12.1 Å². The molecule has 0 atom stereocenters. The predicted octanol–water partition coefficient (Wildman–Crippen LogP) is 2.68. The third-order valence-electron chi connectivity index (χ3n) is 6.30. The van der Waals surface area contributed by atoms with Crippen LogP contribution in [0.2, 0.25) is 0 Å². The van der Waals surface area contributed by atoms with Gasteiger partial charge >= 0.3 is 0 Å². The SMILES string of the molecule is NC(=O)c1cc(F)cc2c1C(=O)N(C1CCN(C3CCCCC3)CC1)C2. The molecular formula is C20H26FN3O2. The summed E-state index contributed by atoms with van der Waals surface area (Å²) in [6.07, 6.45) is 8.46. The van der Waals surface area contributed by atoms with Crippen molar-refractivity contribution in [3.63, 3.8) is 0 Å². The summed E-state index contributed by atoms with van der Waals surface area (Å²) in [4.78, 5) is 28.9. The first kappa shape index (κ1) is 17.5. The average Bonchev–Trinajstić information content (AvgIpc) is 2.98. The maximum Gasteiger partial charge on any atom is 0.255 e. The van der Waals surface area contributed by atoms with Crippen LogP contribution in [0.3, 0.4) is 0 Å². The maximum atomic E-state index is 13.8. The van der Waals surface area contributed by atoms with Crippen LogP contribution >= 0.6 is 0 Å². The third-order valence-corrected chi connectivity index (χ3v) is 6.30. The van der Waals surface area contributed by atoms with E-state index in [2.05, 4.69) is 4.90 Å². The van der Waals surface area contributed by atoms with E-state index in [0.717, 1.165) is 32.0 Å². The van der Waals surface area contributed by atoms with Gasteiger partial charge in [-0.05, 0) is 43.4 Å². The second kappa shape index (κ2) is 6.99. The summed E-state index contributed by atoms with van der Waals surface area (Å²) < 4.78 is 13.8. The van der Waals surface area contributed by atoms with Crippen molar-refractivity contribution in [3.8, 4) is 0 Å². The fraction of sp³-hybridized carbons (Fsp3) is 0.600. The van der Waals surface area contributed by atoms with Crippen molar-refractivity contribution < 1.29 is 14.0 Å². The number of primary amides is 1. The number of fused-ring (bicyclic) bond motifs is 1. The van der Waals surface area contributed by atoms with E-state index >= 15 is 0 Å². The smallest absolute Gasteiger partial charge is 0.255 e. The van der Waals surface area contributed by atoms with E-state index in [1.165, 1.54) is 38.2 Å². The number of nitrogens with zero attached hydrogens (tertiary/aromatic N) is 2. The van der Waals surface area contributed by atoms with Crippen LogP contribution in [-0.2, 0) is 6.54 Å². The molecule has 2 amide bonds. The fourth-order valence-corrected chi connectivity index (χ4v) is 4.94. The van der Waals surface area contributed by atoms with Crippen LogP contribution < -0.4 is 5.73 Å². The second-order valence-electron chi connectivity index (χ2n) is 7.84. The molecule has 0 radical (unpaired) electrons. The van der Waals surface area contributed by atoms with Crippen molar-refractivity contribution >= 4 is 11.8 Å². The van der Waals surface area contributed by atoms with Gasteiger partial charge in [0.2, 0.25) is 5.91 Å². The monoisotopic (exact) mass is 359 g/mol. The number of piperidine rings is 1. The zero-order valence-corrected chi connectivity index (χ0v) is 15.0. The third kappa shape index (κ3) is 3.11. The number of carbonyl (C=O) groups is 2. The van der Waals surface area contributed by atoms with Crippen LogP contribution in [0.5, 0.6) is 0 Å². The zero-order valence-electron chi connectivity index (χ0n) is 15.0. The largest absolute Gasteiger partial charge is 0.366 e. The minimum absolute atomic E-state index is 0.00661. The quantitative estimate of drug-likeness (QED) is 0.902. The van der Waals surface area contributed by atoms with E-state index in [1.54, 1.807) is 0 Å². The molecule has 1 saturated carbocycles. The molecule has 1 aromatic carbocycles. The zero-order chi connectivity index (χ0) is 18.3. The first-order valence-corrected chi connectivity index (χ1v) is 9.72. The van der Waals surface area contributed by atoms with Crippen molar-refractivity contribution in [2.75, 3.05) is 13.1 Å². The van der Waals surface area contributed by atoms with Crippen molar-refractivity contribution in [3.05, 3.63) is 34.6 Å². The second-order valence-corrected chi connectivity index (χ2v) is 7.84. The summed E-state index contributed by atoms with van der Waals surface area (Å²) in [5.41, 5.74) is 6.25. The van der Waals surface area contributed by atoms with Crippen molar-refractivity contribution in [1.29, 1.82) is 0 Å². The van der Waals surface area contributed by atoms with Crippen LogP contribution in [-0.4, -0.2) is 46.8 Å². The lowest BCUT2D eigenvalue weighted by molar-refractivity contribution is 0.0506. The molecule has 5 nitrogen and oxygen atoms in total. The molecular weight excluding hydrogens is 333 g/mol. The highest BCUT2D eigenvalue weighted by Gasteiger charge is 2.38. The lowest BCUT2D eigenvalue weighted by atomic mass is 9.92. The average molecular weight is 359 g/mol. The standard InChI is InChI=1S/C20H26FN3O2/c21-14-10-13-12-24(20(26)18(13)17(11-14)19(22)25)16-6-8-23(9-7-16)15-4-2-1-3-5-15/h10-11,15-16H,1-9,12H2,(H2,22,25). The fourth-order valence-electron chi connectivity index (χ4n) is 4.94. The van der Waals surface area contributed by atoms with E-state index in [0.29, 0.717) is 23.7 Å². The number of likely N-dealkylation sites (tertiary alicyclic amines) is 1. The van der Waals surface area contributed by atoms with Gasteiger partial charge in [-0.2, -0.15) is 0 Å². The van der Waals surface area contributed by atoms with Crippen LogP contribution in [0.1, 0.15) is 71.2 Å². The van der Waals surface area contributed by atoms with Crippen LogP contribution in [0.25, 0.3) is 0 Å². The molecule has 1 saturated heterocycles. The van der Waals surface area contributed by atoms with Crippen LogP contribution in [0, 0.1) is 5.82 Å². The van der Waals surface area contributed by atoms with Gasteiger partial charge in [0.1, 0.15) is 5.82 Å². The highest BCUT2D eigenvalue weighted by molar-refractivity contribution is 6.09. The summed E-state index contributed by atoms with van der Waals surface area (Å²) in [5, 5.41) is 0. The number of carbonyl (C=O) groups excluding carboxylic acids is 2. The number of amides is 2. The van der Waals surface area contributed by atoms with E-state index in [9.17, 15) is 14.0 Å². The molecule has 6 heteroatoms. The summed E-state index contributed by atoms with van der Waals surface area (Å²) in [6.45, 7) is 2.39. The Kier molecular flexibility index (Phi) is 4.69. The van der Waals surface area contributed by atoms with Gasteiger partial charge in [0.25, 0.3) is 5.91 Å². The number of rotatable bonds is 3. The van der Waals surface area contributed by atoms with Gasteiger partial charge in [-0.15, -0.1) is 0 Å². The lowest BCUT2D eigenvalue weighted by Crippen LogP contribution is -2.48. The molecule has 3 aliphatic rings. The highest BCUT2D eigenvalue weighted by atomic mass is 19.1. The number of nitrogens with two attached hydrogens (primary N) is 1. The van der Waals surface area contributed by atoms with Gasteiger partial charge in [0.05, 0.1) is 11.1 Å². The molecule has 140 valence electrons. The Hall–Kier alpha value is -1.95. The Morgan fingerprint density at radius 2 is 1.73 bits per heavy atom. The Balaban J connectivity index is 1.46. The molecule has 0 bridgehead atoms. The lowest BCUT2D eigenvalue weighted by Gasteiger charge is -2.41. The van der Waals surface area contributed by atoms with Crippen LogP contribution in [0.4, 0.5) is 4.39 Å². The number of hydrogen-bond donors (Lipinski definition) is 1. The topological polar surface area (TPSA) is 66.6 Å². The Morgan fingerprint density at radius 1 is 1.04 bits per heavy atom. The molecule has 1 aromatic rings. The molecule has 2 N–H and O–H groups in total. The van der Waals surface area contributed by atoms with Crippen molar-refractivity contribution in [2.24, 2.45) is 5.73 Å². The molecule has 2 aliphatic heterocycles. The van der Waals surface area contributed by atoms with Gasteiger partial charge in [0, 0.05) is 31.7 Å². The van der Waals surface area contributed by atoms with Crippen molar-refractivity contribution in [2.45, 2.75) is 63.6 Å². The van der Waals surface area contributed by atoms with Gasteiger partial charge in [-0.25, -0.2) is 4.39 Å². The van der Waals surface area contributed by atoms with Gasteiger partial charge in [-0.3, -0.25) is 9.59 Å². The molecule has 2 heterocycles. The minimum atomic E-state index is -0.747. The number of halogens is 1. The Morgan fingerprint density at radius 3 is 2.38 bits per heavy atom. The molecule has 2 fully saturated rings. The first-order chi connectivity index (χ1) is 12.5. The van der Waals surface area contributed by atoms with Gasteiger partial charge < -0.3 is 15.5 Å². The van der Waals surface area contributed by atoms with E-state index in [1.807, 2.05) is 4.90 Å². The number of benzene rings is 1. The molecule has 0 spiro atoms. The summed E-state index contributed by atoms with van der Waals surface area (Å²) >= 11 is 0. The van der Waals surface area contributed by atoms with E-state index in [-0.39, 0.29) is 17.5 Å². The van der Waals surface area contributed by atoms with E-state index in [4.69, 9.17) is 5.73 Å². The maximum absolute atomic E-state index is 13.8.